The lowest BCUT2D eigenvalue weighted by Gasteiger charge is -2.13. The van der Waals surface area contributed by atoms with Crippen LogP contribution in [0.3, 0.4) is 0 Å². The van der Waals surface area contributed by atoms with Crippen LogP contribution in [0.2, 0.25) is 0 Å². The SMILES string of the molecule is NS(=O)(=O)c1cc(C(=O)NCCO)c(Sc2ccccc2)cc1Br. The number of sulfonamides is 1. The highest BCUT2D eigenvalue weighted by Crippen LogP contribution is 2.35. The average Bonchev–Trinajstić information content (AvgIpc) is 2.52. The van der Waals surface area contributed by atoms with Gasteiger partial charge in [0.1, 0.15) is 0 Å². The van der Waals surface area contributed by atoms with Gasteiger partial charge in [-0.2, -0.15) is 0 Å². The summed E-state index contributed by atoms with van der Waals surface area (Å²) in [7, 11) is -3.99. The summed E-state index contributed by atoms with van der Waals surface area (Å²) in [4.78, 5) is 13.6. The van der Waals surface area contributed by atoms with Gasteiger partial charge in [0.05, 0.1) is 17.1 Å². The molecule has 0 saturated carbocycles. The van der Waals surface area contributed by atoms with E-state index in [2.05, 4.69) is 21.2 Å². The lowest BCUT2D eigenvalue weighted by Crippen LogP contribution is -2.27. The van der Waals surface area contributed by atoms with E-state index in [4.69, 9.17) is 10.2 Å². The third kappa shape index (κ3) is 4.81. The zero-order chi connectivity index (χ0) is 17.7. The van der Waals surface area contributed by atoms with Crippen LogP contribution in [0, 0.1) is 0 Å². The summed E-state index contributed by atoms with van der Waals surface area (Å²) in [6.45, 7) is -0.152. The number of primary sulfonamides is 1. The molecule has 0 aliphatic rings. The molecule has 9 heteroatoms. The van der Waals surface area contributed by atoms with Crippen molar-refractivity contribution < 1.29 is 18.3 Å². The van der Waals surface area contributed by atoms with Crippen LogP contribution in [0.1, 0.15) is 10.4 Å². The lowest BCUT2D eigenvalue weighted by molar-refractivity contribution is 0.0941. The van der Waals surface area contributed by atoms with Gasteiger partial charge in [-0.1, -0.05) is 30.0 Å². The summed E-state index contributed by atoms with van der Waals surface area (Å²) in [5, 5.41) is 16.6. The summed E-state index contributed by atoms with van der Waals surface area (Å²) in [5.41, 5.74) is 0.171. The highest BCUT2D eigenvalue weighted by Gasteiger charge is 2.20. The molecule has 2 aromatic carbocycles. The number of hydrogen-bond donors (Lipinski definition) is 3. The average molecular weight is 431 g/mol. The number of nitrogens with one attached hydrogen (secondary N) is 1. The Bertz CT molecular complexity index is 842. The topological polar surface area (TPSA) is 109 Å². The fraction of sp³-hybridized carbons (Fsp3) is 0.133. The van der Waals surface area contributed by atoms with Gasteiger partial charge in [-0.3, -0.25) is 4.79 Å². The molecule has 128 valence electrons. The van der Waals surface area contributed by atoms with Gasteiger partial charge in [0.15, 0.2) is 0 Å². The highest BCUT2D eigenvalue weighted by molar-refractivity contribution is 9.10. The monoisotopic (exact) mass is 430 g/mol. The van der Waals surface area contributed by atoms with E-state index in [1.807, 2.05) is 30.3 Å². The second-order valence-electron chi connectivity index (χ2n) is 4.72. The fourth-order valence-corrected chi connectivity index (χ4v) is 4.67. The van der Waals surface area contributed by atoms with Crippen molar-refractivity contribution in [3.63, 3.8) is 0 Å². The molecule has 0 atom stereocenters. The molecule has 0 heterocycles. The van der Waals surface area contributed by atoms with Crippen molar-refractivity contribution in [1.29, 1.82) is 0 Å². The van der Waals surface area contributed by atoms with Crippen LogP contribution in [0.5, 0.6) is 0 Å². The normalized spacial score (nSPS) is 11.3. The molecule has 0 aliphatic heterocycles. The first-order valence-corrected chi connectivity index (χ1v) is 9.97. The fourth-order valence-electron chi connectivity index (χ4n) is 1.90. The molecular formula is C15H15BrN2O4S2. The van der Waals surface area contributed by atoms with E-state index in [1.54, 1.807) is 6.07 Å². The Hall–Kier alpha value is -1.39. The van der Waals surface area contributed by atoms with Gasteiger partial charge in [-0.25, -0.2) is 13.6 Å². The number of aliphatic hydroxyl groups excluding tert-OH is 1. The highest BCUT2D eigenvalue weighted by atomic mass is 79.9. The van der Waals surface area contributed by atoms with Crippen LogP contribution in [-0.4, -0.2) is 32.6 Å². The van der Waals surface area contributed by atoms with Gasteiger partial charge in [0, 0.05) is 20.8 Å². The zero-order valence-electron chi connectivity index (χ0n) is 12.4. The number of carbonyl (C=O) groups is 1. The number of amides is 1. The first-order valence-electron chi connectivity index (χ1n) is 6.81. The number of benzene rings is 2. The maximum atomic E-state index is 12.3. The van der Waals surface area contributed by atoms with E-state index in [-0.39, 0.29) is 28.1 Å². The minimum atomic E-state index is -3.99. The minimum absolute atomic E-state index is 0.0645. The van der Waals surface area contributed by atoms with Crippen LogP contribution < -0.4 is 10.5 Å². The van der Waals surface area contributed by atoms with Crippen molar-refractivity contribution >= 4 is 43.6 Å². The Balaban J connectivity index is 2.51. The minimum Gasteiger partial charge on any atom is -0.395 e. The number of halogens is 1. The number of carbonyl (C=O) groups excluding carboxylic acids is 1. The smallest absolute Gasteiger partial charge is 0.252 e. The standard InChI is InChI=1S/C15H15BrN2O4S2/c16-12-9-13(23-10-4-2-1-3-5-10)11(15(20)18-6-7-19)8-14(12)24(17,21)22/h1-5,8-9,19H,6-7H2,(H,18,20)(H2,17,21,22). The summed E-state index contributed by atoms with van der Waals surface area (Å²) >= 11 is 4.51. The maximum absolute atomic E-state index is 12.3. The molecular weight excluding hydrogens is 416 g/mol. The number of nitrogens with two attached hydrogens (primary N) is 1. The lowest BCUT2D eigenvalue weighted by atomic mass is 10.2. The van der Waals surface area contributed by atoms with Gasteiger partial charge in [-0.15, -0.1) is 0 Å². The van der Waals surface area contributed by atoms with Crippen molar-refractivity contribution in [2.75, 3.05) is 13.2 Å². The first kappa shape index (κ1) is 18.9. The molecule has 0 aromatic heterocycles. The van der Waals surface area contributed by atoms with Crippen LogP contribution in [-0.2, 0) is 10.0 Å². The molecule has 2 rings (SSSR count). The number of aliphatic hydroxyl groups is 1. The Morgan fingerprint density at radius 2 is 1.92 bits per heavy atom. The number of rotatable bonds is 6. The molecule has 6 nitrogen and oxygen atoms in total. The second-order valence-corrected chi connectivity index (χ2v) is 8.22. The Morgan fingerprint density at radius 3 is 2.50 bits per heavy atom. The summed E-state index contributed by atoms with van der Waals surface area (Å²) in [6, 6.07) is 12.1. The van der Waals surface area contributed by atoms with Gasteiger partial charge < -0.3 is 10.4 Å². The van der Waals surface area contributed by atoms with Crippen LogP contribution in [0.25, 0.3) is 0 Å². The molecule has 0 bridgehead atoms. The molecule has 0 aliphatic carbocycles. The molecule has 0 radical (unpaired) electrons. The molecule has 1 amide bonds. The largest absolute Gasteiger partial charge is 0.395 e. The quantitative estimate of drug-likeness (QED) is 0.648. The Labute approximate surface area is 152 Å². The molecule has 0 unspecified atom stereocenters. The summed E-state index contributed by atoms with van der Waals surface area (Å²) in [6.07, 6.45) is 0. The van der Waals surface area contributed by atoms with E-state index in [9.17, 15) is 13.2 Å². The third-order valence-electron chi connectivity index (χ3n) is 2.95. The van der Waals surface area contributed by atoms with Gasteiger partial charge >= 0.3 is 0 Å². The van der Waals surface area contributed by atoms with Crippen LogP contribution in [0.15, 0.2) is 61.6 Å². The van der Waals surface area contributed by atoms with E-state index in [1.165, 1.54) is 17.8 Å². The predicted molar refractivity (Wildman–Crippen MR) is 95.5 cm³/mol. The maximum Gasteiger partial charge on any atom is 0.252 e. The molecule has 0 saturated heterocycles. The van der Waals surface area contributed by atoms with Crippen LogP contribution >= 0.6 is 27.7 Å². The van der Waals surface area contributed by atoms with E-state index < -0.39 is 15.9 Å². The first-order chi connectivity index (χ1) is 11.3. The molecule has 4 N–H and O–H groups in total. The van der Waals surface area contributed by atoms with E-state index >= 15 is 0 Å². The molecule has 0 spiro atoms. The van der Waals surface area contributed by atoms with Gasteiger partial charge in [0.2, 0.25) is 10.0 Å². The molecule has 24 heavy (non-hydrogen) atoms. The number of hydrogen-bond acceptors (Lipinski definition) is 5. The van der Waals surface area contributed by atoms with Crippen molar-refractivity contribution in [2.45, 2.75) is 14.7 Å². The third-order valence-corrected chi connectivity index (χ3v) is 5.89. The van der Waals surface area contributed by atoms with Gasteiger partial charge in [-0.05, 0) is 40.2 Å². The predicted octanol–water partition coefficient (Wildman–Crippen LogP) is 1.97. The van der Waals surface area contributed by atoms with Crippen molar-refractivity contribution in [1.82, 2.24) is 5.32 Å². The molecule has 2 aromatic rings. The summed E-state index contributed by atoms with van der Waals surface area (Å²) < 4.78 is 23.6. The van der Waals surface area contributed by atoms with E-state index in [0.29, 0.717) is 4.90 Å². The van der Waals surface area contributed by atoms with Crippen LogP contribution in [0.4, 0.5) is 0 Å². The second kappa shape index (κ2) is 8.13. The van der Waals surface area contributed by atoms with Gasteiger partial charge in [0.25, 0.3) is 5.91 Å². The van der Waals surface area contributed by atoms with Crippen molar-refractivity contribution in [3.05, 3.63) is 52.5 Å². The van der Waals surface area contributed by atoms with E-state index in [0.717, 1.165) is 4.90 Å². The Morgan fingerprint density at radius 1 is 1.25 bits per heavy atom. The summed E-state index contributed by atoms with van der Waals surface area (Å²) in [5.74, 6) is -0.486. The van der Waals surface area contributed by atoms with Crippen molar-refractivity contribution in [3.8, 4) is 0 Å². The van der Waals surface area contributed by atoms with Crippen molar-refractivity contribution in [2.24, 2.45) is 5.14 Å². The zero-order valence-corrected chi connectivity index (χ0v) is 15.6. The Kier molecular flexibility index (Phi) is 6.41. The molecule has 0 fully saturated rings.